The van der Waals surface area contributed by atoms with Crippen molar-refractivity contribution in [3.05, 3.63) is 11.4 Å². The van der Waals surface area contributed by atoms with E-state index < -0.39 is 14.3 Å². The third-order valence-corrected chi connectivity index (χ3v) is 9.55. The molecule has 1 aliphatic rings. The molecule has 0 saturated heterocycles. The maximum atomic E-state index is 11.1. The molecule has 7 heteroatoms. The van der Waals surface area contributed by atoms with Crippen LogP contribution in [0.4, 0.5) is 0 Å². The van der Waals surface area contributed by atoms with Crippen molar-refractivity contribution in [1.29, 1.82) is 0 Å². The predicted octanol–water partition coefficient (Wildman–Crippen LogP) is 2.49. The molecule has 0 amide bonds. The Bertz CT molecular complexity index is 549. The van der Waals surface area contributed by atoms with E-state index >= 15 is 0 Å². The van der Waals surface area contributed by atoms with E-state index in [1.54, 1.807) is 0 Å². The SMILES string of the molecule is CC(C)(C)[Si](C)(C)OCCn1nnc2c1CCC(C(=O)O)C2. The van der Waals surface area contributed by atoms with Gasteiger partial charge in [0, 0.05) is 6.42 Å². The fourth-order valence-corrected chi connectivity index (χ4v) is 3.48. The van der Waals surface area contributed by atoms with Gasteiger partial charge in [0.1, 0.15) is 0 Å². The standard InChI is InChI=1S/C15H27N3O3Si/c1-15(2,3)22(4,5)21-9-8-18-13-7-6-11(14(19)20)10-12(13)16-17-18/h11H,6-10H2,1-5H3,(H,19,20). The van der Waals surface area contributed by atoms with Gasteiger partial charge in [0.2, 0.25) is 0 Å². The van der Waals surface area contributed by atoms with Gasteiger partial charge in [0.15, 0.2) is 8.32 Å². The summed E-state index contributed by atoms with van der Waals surface area (Å²) in [7, 11) is -1.74. The highest BCUT2D eigenvalue weighted by Gasteiger charge is 2.37. The van der Waals surface area contributed by atoms with Crippen LogP contribution in [0.3, 0.4) is 0 Å². The highest BCUT2D eigenvalue weighted by Crippen LogP contribution is 2.36. The third kappa shape index (κ3) is 3.57. The van der Waals surface area contributed by atoms with Crippen LogP contribution in [0.5, 0.6) is 0 Å². The summed E-state index contributed by atoms with van der Waals surface area (Å²) in [6.07, 6.45) is 1.89. The molecule has 22 heavy (non-hydrogen) atoms. The number of rotatable bonds is 5. The monoisotopic (exact) mass is 325 g/mol. The number of fused-ring (bicyclic) bond motifs is 1. The lowest BCUT2D eigenvalue weighted by molar-refractivity contribution is -0.142. The number of carbonyl (C=O) groups is 1. The molecule has 0 radical (unpaired) electrons. The normalized spacial score (nSPS) is 19.0. The summed E-state index contributed by atoms with van der Waals surface area (Å²) in [5, 5.41) is 17.6. The van der Waals surface area contributed by atoms with Crippen LogP contribution in [0.1, 0.15) is 38.6 Å². The van der Waals surface area contributed by atoms with Gasteiger partial charge in [0.25, 0.3) is 0 Å². The Hall–Kier alpha value is -1.21. The lowest BCUT2D eigenvalue weighted by Gasteiger charge is -2.36. The smallest absolute Gasteiger partial charge is 0.306 e. The molecule has 0 fully saturated rings. The number of carboxylic acid groups (broad SMARTS) is 1. The van der Waals surface area contributed by atoms with Gasteiger partial charge in [-0.3, -0.25) is 4.79 Å². The average molecular weight is 325 g/mol. The number of aliphatic carboxylic acids is 1. The minimum Gasteiger partial charge on any atom is -0.481 e. The molecule has 0 bridgehead atoms. The van der Waals surface area contributed by atoms with E-state index in [-0.39, 0.29) is 11.0 Å². The lowest BCUT2D eigenvalue weighted by atomic mass is 9.90. The van der Waals surface area contributed by atoms with Gasteiger partial charge < -0.3 is 9.53 Å². The minimum absolute atomic E-state index is 0.198. The van der Waals surface area contributed by atoms with E-state index in [1.165, 1.54) is 0 Å². The minimum atomic E-state index is -1.74. The number of carboxylic acids is 1. The topological polar surface area (TPSA) is 77.2 Å². The number of nitrogens with zero attached hydrogens (tertiary/aromatic N) is 3. The highest BCUT2D eigenvalue weighted by molar-refractivity contribution is 6.74. The maximum Gasteiger partial charge on any atom is 0.306 e. The first-order chi connectivity index (χ1) is 10.1. The molecule has 0 saturated carbocycles. The molecule has 1 heterocycles. The van der Waals surface area contributed by atoms with Crippen molar-refractivity contribution in [3.63, 3.8) is 0 Å². The molecule has 0 aliphatic heterocycles. The van der Waals surface area contributed by atoms with Crippen LogP contribution >= 0.6 is 0 Å². The number of aromatic nitrogens is 3. The van der Waals surface area contributed by atoms with Crippen molar-refractivity contribution in [2.75, 3.05) is 6.61 Å². The van der Waals surface area contributed by atoms with Gasteiger partial charge >= 0.3 is 5.97 Å². The van der Waals surface area contributed by atoms with Crippen molar-refractivity contribution in [3.8, 4) is 0 Å². The Balaban J connectivity index is 1.95. The first-order valence-corrected chi connectivity index (χ1v) is 10.8. The average Bonchev–Trinajstić information content (AvgIpc) is 2.79. The largest absolute Gasteiger partial charge is 0.481 e. The molecular formula is C15H27N3O3Si. The first-order valence-electron chi connectivity index (χ1n) is 7.90. The Labute approximate surface area is 133 Å². The summed E-state index contributed by atoms with van der Waals surface area (Å²) in [5.41, 5.74) is 1.92. The predicted molar refractivity (Wildman–Crippen MR) is 86.3 cm³/mol. The summed E-state index contributed by atoms with van der Waals surface area (Å²) in [5.74, 6) is -1.05. The highest BCUT2D eigenvalue weighted by atomic mass is 28.4. The Kier molecular flexibility index (Phi) is 4.77. The fourth-order valence-electron chi connectivity index (χ4n) is 2.44. The van der Waals surface area contributed by atoms with Crippen LogP contribution in [-0.2, 0) is 28.6 Å². The molecule has 1 aromatic heterocycles. The van der Waals surface area contributed by atoms with Crippen molar-refractivity contribution >= 4 is 14.3 Å². The fraction of sp³-hybridized carbons (Fsp3) is 0.800. The van der Waals surface area contributed by atoms with E-state index in [9.17, 15) is 4.79 Å². The van der Waals surface area contributed by atoms with Gasteiger partial charge in [0.05, 0.1) is 30.5 Å². The first kappa shape index (κ1) is 17.1. The quantitative estimate of drug-likeness (QED) is 0.842. The van der Waals surface area contributed by atoms with E-state index in [2.05, 4.69) is 44.2 Å². The lowest BCUT2D eigenvalue weighted by Crippen LogP contribution is -2.41. The van der Waals surface area contributed by atoms with E-state index in [0.29, 0.717) is 26.0 Å². The molecular weight excluding hydrogens is 298 g/mol. The van der Waals surface area contributed by atoms with Crippen molar-refractivity contribution in [1.82, 2.24) is 15.0 Å². The number of hydrogen-bond donors (Lipinski definition) is 1. The molecule has 1 atom stereocenters. The molecule has 0 aromatic carbocycles. The second-order valence-electron chi connectivity index (χ2n) is 7.59. The van der Waals surface area contributed by atoms with Crippen molar-refractivity contribution in [2.45, 2.75) is 64.7 Å². The second-order valence-corrected chi connectivity index (χ2v) is 12.4. The summed E-state index contributed by atoms with van der Waals surface area (Å²) >= 11 is 0. The van der Waals surface area contributed by atoms with E-state index in [0.717, 1.165) is 17.8 Å². The second kappa shape index (κ2) is 6.12. The van der Waals surface area contributed by atoms with Crippen molar-refractivity contribution < 1.29 is 14.3 Å². The van der Waals surface area contributed by atoms with Crippen LogP contribution in [0.25, 0.3) is 0 Å². The van der Waals surface area contributed by atoms with Crippen LogP contribution in [0, 0.1) is 5.92 Å². The Morgan fingerprint density at radius 1 is 1.45 bits per heavy atom. The van der Waals surface area contributed by atoms with Crippen LogP contribution < -0.4 is 0 Å². The number of hydrogen-bond acceptors (Lipinski definition) is 4. The molecule has 0 spiro atoms. The maximum absolute atomic E-state index is 11.1. The van der Waals surface area contributed by atoms with Crippen molar-refractivity contribution in [2.24, 2.45) is 5.92 Å². The molecule has 1 aliphatic carbocycles. The van der Waals surface area contributed by atoms with Crippen LogP contribution in [0.15, 0.2) is 0 Å². The van der Waals surface area contributed by atoms with Gasteiger partial charge in [-0.1, -0.05) is 26.0 Å². The zero-order valence-electron chi connectivity index (χ0n) is 14.2. The molecule has 124 valence electrons. The summed E-state index contributed by atoms with van der Waals surface area (Å²) in [4.78, 5) is 11.1. The molecule has 1 unspecified atom stereocenters. The van der Waals surface area contributed by atoms with Crippen LogP contribution in [-0.4, -0.2) is 41.0 Å². The van der Waals surface area contributed by atoms with E-state index in [4.69, 9.17) is 9.53 Å². The van der Waals surface area contributed by atoms with Gasteiger partial charge in [-0.25, -0.2) is 4.68 Å². The Morgan fingerprint density at radius 3 is 2.73 bits per heavy atom. The Morgan fingerprint density at radius 2 is 2.14 bits per heavy atom. The van der Waals surface area contributed by atoms with Gasteiger partial charge in [-0.05, 0) is 31.0 Å². The van der Waals surface area contributed by atoms with Gasteiger partial charge in [-0.15, -0.1) is 5.10 Å². The molecule has 1 aromatic rings. The summed E-state index contributed by atoms with van der Waals surface area (Å²) in [6.45, 7) is 12.5. The molecule has 6 nitrogen and oxygen atoms in total. The molecule has 2 rings (SSSR count). The van der Waals surface area contributed by atoms with Crippen LogP contribution in [0.2, 0.25) is 18.1 Å². The summed E-state index contributed by atoms with van der Waals surface area (Å²) in [6, 6.07) is 0. The zero-order chi connectivity index (χ0) is 16.5. The third-order valence-electron chi connectivity index (χ3n) is 5.01. The van der Waals surface area contributed by atoms with E-state index in [1.807, 2.05) is 4.68 Å². The van der Waals surface area contributed by atoms with Gasteiger partial charge in [-0.2, -0.15) is 0 Å². The zero-order valence-corrected chi connectivity index (χ0v) is 15.2. The summed E-state index contributed by atoms with van der Waals surface area (Å²) < 4.78 is 8.06. The molecule has 1 N–H and O–H groups in total.